The third-order valence-corrected chi connectivity index (χ3v) is 9.43. The van der Waals surface area contributed by atoms with Crippen molar-refractivity contribution >= 4 is 23.2 Å². The molecule has 3 atom stereocenters. The van der Waals surface area contributed by atoms with Gasteiger partial charge in [0.05, 0.1) is 5.56 Å². The van der Waals surface area contributed by atoms with Crippen LogP contribution in [-0.2, 0) is 20.8 Å². The van der Waals surface area contributed by atoms with Gasteiger partial charge in [-0.25, -0.2) is 0 Å². The minimum absolute atomic E-state index is 0.0220. The van der Waals surface area contributed by atoms with Gasteiger partial charge in [-0.2, -0.15) is 0 Å². The molecule has 1 amide bonds. The van der Waals surface area contributed by atoms with Crippen LogP contribution in [-0.4, -0.2) is 57.1 Å². The van der Waals surface area contributed by atoms with Gasteiger partial charge in [-0.05, 0) is 71.3 Å². The number of carbonyl (C=O) groups is 3. The van der Waals surface area contributed by atoms with Gasteiger partial charge in [0.25, 0.3) is 5.91 Å². The monoisotopic (exact) mass is 611 g/mol. The van der Waals surface area contributed by atoms with Gasteiger partial charge < -0.3 is 45.1 Å². The summed E-state index contributed by atoms with van der Waals surface area (Å²) in [5.41, 5.74) is 4.26. The van der Waals surface area contributed by atoms with Crippen molar-refractivity contribution in [2.75, 3.05) is 13.6 Å². The van der Waals surface area contributed by atoms with Crippen LogP contribution >= 0.6 is 0 Å². The minimum Gasteiger partial charge on any atom is -0.508 e. The number of Topliss-reactive ketones (excluding diaryl/α,β-unsaturated/α-hetero) is 2. The zero-order valence-electron chi connectivity index (χ0n) is 23.5. The van der Waals surface area contributed by atoms with E-state index in [0.29, 0.717) is 50.8 Å². The minimum atomic E-state index is -2.65. The van der Waals surface area contributed by atoms with Gasteiger partial charge in [0, 0.05) is 23.5 Å². The van der Waals surface area contributed by atoms with E-state index in [-0.39, 0.29) is 43.3 Å². The fourth-order valence-corrected chi connectivity index (χ4v) is 7.29. The number of ketones is 2. The molecule has 2 aliphatic heterocycles. The molecule has 2 heterocycles. The largest absolute Gasteiger partial charge is 0.508 e. The Bertz CT molecular complexity index is 1980. The number of hydrogen-bond acceptors (Lipinski definition) is 11. The van der Waals surface area contributed by atoms with Crippen LogP contribution in [0, 0.1) is 11.8 Å². The number of benzene rings is 3. The molecule has 12 heteroatoms. The van der Waals surface area contributed by atoms with Crippen molar-refractivity contribution in [3.05, 3.63) is 70.5 Å². The molecule has 1 saturated carbocycles. The number of phenolic OH excluding ortho intramolecular Hbond substituents is 1. The number of aromatic hydroxyl groups is 1. The second-order valence-electron chi connectivity index (χ2n) is 11.7. The first kappa shape index (κ1) is 27.1. The maximum atomic E-state index is 14.0. The quantitative estimate of drug-likeness (QED) is 0.273. The molecular formula is C33H25NO11. The number of aliphatic hydroxyl groups is 3. The van der Waals surface area contributed by atoms with Gasteiger partial charge in [0.2, 0.25) is 19.4 Å². The summed E-state index contributed by atoms with van der Waals surface area (Å²) in [5, 5.41) is 46.1. The molecule has 3 aromatic carbocycles. The van der Waals surface area contributed by atoms with Gasteiger partial charge in [0.1, 0.15) is 22.8 Å². The average molecular weight is 612 g/mol. The second-order valence-corrected chi connectivity index (χ2v) is 11.7. The van der Waals surface area contributed by atoms with E-state index in [2.05, 4.69) is 0 Å². The number of nitrogens with two attached hydrogens (primary N) is 1. The summed E-state index contributed by atoms with van der Waals surface area (Å²) in [4.78, 5) is 38.7. The summed E-state index contributed by atoms with van der Waals surface area (Å²) in [6.07, 6.45) is -0.230. The number of rotatable bonds is 3. The second kappa shape index (κ2) is 9.26. The summed E-state index contributed by atoms with van der Waals surface area (Å²) in [6, 6.07) is 12.2. The first-order valence-electron chi connectivity index (χ1n) is 14.2. The average Bonchev–Trinajstić information content (AvgIpc) is 3.68. The molecule has 0 bridgehead atoms. The Morgan fingerprint density at radius 3 is 2.04 bits per heavy atom. The molecule has 12 nitrogen and oxygen atoms in total. The van der Waals surface area contributed by atoms with Crippen molar-refractivity contribution in [1.29, 1.82) is 0 Å². The van der Waals surface area contributed by atoms with Crippen LogP contribution in [0.25, 0.3) is 28.0 Å². The lowest BCUT2D eigenvalue weighted by atomic mass is 9.59. The van der Waals surface area contributed by atoms with Gasteiger partial charge in [-0.1, -0.05) is 12.1 Å². The van der Waals surface area contributed by atoms with Gasteiger partial charge in [-0.3, -0.25) is 14.4 Å². The van der Waals surface area contributed by atoms with Crippen molar-refractivity contribution < 1.29 is 53.8 Å². The van der Waals surface area contributed by atoms with Crippen LogP contribution in [0.5, 0.6) is 28.7 Å². The summed E-state index contributed by atoms with van der Waals surface area (Å²) in [7, 11) is 0. The van der Waals surface area contributed by atoms with Crippen molar-refractivity contribution in [2.45, 2.75) is 24.9 Å². The number of amides is 1. The molecule has 0 spiro atoms. The Balaban J connectivity index is 1.36. The van der Waals surface area contributed by atoms with Crippen LogP contribution in [0.3, 0.4) is 0 Å². The number of phenols is 1. The highest BCUT2D eigenvalue weighted by Crippen LogP contribution is 2.55. The van der Waals surface area contributed by atoms with E-state index in [1.165, 1.54) is 0 Å². The van der Waals surface area contributed by atoms with Crippen LogP contribution in [0.2, 0.25) is 0 Å². The van der Waals surface area contributed by atoms with Crippen LogP contribution in [0.4, 0.5) is 0 Å². The fourth-order valence-electron chi connectivity index (χ4n) is 7.29. The molecule has 228 valence electrons. The Morgan fingerprint density at radius 1 is 0.822 bits per heavy atom. The molecule has 0 saturated heterocycles. The molecule has 0 unspecified atom stereocenters. The number of primary amides is 1. The molecule has 1 fully saturated rings. The van der Waals surface area contributed by atoms with Gasteiger partial charge >= 0.3 is 0 Å². The van der Waals surface area contributed by atoms with Crippen molar-refractivity contribution in [2.24, 2.45) is 17.6 Å². The molecule has 3 aliphatic carbocycles. The van der Waals surface area contributed by atoms with E-state index in [1.54, 1.807) is 36.4 Å². The lowest BCUT2D eigenvalue weighted by Crippen LogP contribution is -2.58. The zero-order chi connectivity index (χ0) is 31.4. The first-order valence-corrected chi connectivity index (χ1v) is 14.2. The Morgan fingerprint density at radius 2 is 1.42 bits per heavy atom. The highest BCUT2D eigenvalue weighted by atomic mass is 16.7. The van der Waals surface area contributed by atoms with Crippen molar-refractivity contribution in [3.8, 4) is 51.0 Å². The van der Waals surface area contributed by atoms with E-state index >= 15 is 0 Å². The predicted molar refractivity (Wildman–Crippen MR) is 155 cm³/mol. The molecule has 6 N–H and O–H groups in total. The van der Waals surface area contributed by atoms with Crippen LogP contribution in [0.1, 0.15) is 24.0 Å². The number of fused-ring (bicyclic) bond motifs is 5. The van der Waals surface area contributed by atoms with Crippen LogP contribution < -0.4 is 24.7 Å². The van der Waals surface area contributed by atoms with E-state index in [1.807, 2.05) is 6.07 Å². The van der Waals surface area contributed by atoms with E-state index in [9.17, 15) is 34.8 Å². The summed E-state index contributed by atoms with van der Waals surface area (Å²) >= 11 is 0. The first-order chi connectivity index (χ1) is 21.6. The molecule has 3 aromatic rings. The number of hydrogen-bond donors (Lipinski definition) is 5. The third-order valence-electron chi connectivity index (χ3n) is 9.43. The Kier molecular flexibility index (Phi) is 5.57. The topological polar surface area (TPSA) is 195 Å². The Hall–Kier alpha value is -5.49. The molecule has 45 heavy (non-hydrogen) atoms. The fraction of sp³-hybridized carbons (Fsp3) is 0.242. The maximum Gasteiger partial charge on any atom is 0.255 e. The summed E-state index contributed by atoms with van der Waals surface area (Å²) in [5.74, 6) is -4.81. The predicted octanol–water partition coefficient (Wildman–Crippen LogP) is 3.22. The zero-order valence-corrected chi connectivity index (χ0v) is 23.5. The van der Waals surface area contributed by atoms with E-state index in [4.69, 9.17) is 24.7 Å². The highest BCUT2D eigenvalue weighted by molar-refractivity contribution is 6.22. The molecular weight excluding hydrogens is 586 g/mol. The number of aliphatic hydroxyl groups excluding tert-OH is 2. The summed E-state index contributed by atoms with van der Waals surface area (Å²) in [6.45, 7) is 0.107. The van der Waals surface area contributed by atoms with Crippen LogP contribution in [0.15, 0.2) is 59.4 Å². The molecule has 0 radical (unpaired) electrons. The third kappa shape index (κ3) is 3.65. The maximum absolute atomic E-state index is 14.0. The standard InChI is InChI=1S/C33H25NO11/c34-32(40)27-20(35)9-16-5-15-6-19-17(13-1-3-21-23(7-13)44-11-42-21)10-18(14-2-4-22-24(8-14)45-12-43-22)28(36)26(19)29(37)25(15)30(38)33(16,41)31(27)39/h1-4,7-8,10,15-16,36-37,39,41H,5-6,9,11-12H2,(H2,34,40)/t15-,16+,33+/m1/s1. The van der Waals surface area contributed by atoms with E-state index < -0.39 is 58.4 Å². The molecule has 5 aliphatic rings. The summed E-state index contributed by atoms with van der Waals surface area (Å²) < 4.78 is 22.1. The smallest absolute Gasteiger partial charge is 0.255 e. The lowest BCUT2D eigenvalue weighted by molar-refractivity contribution is -0.147. The normalized spacial score (nSPS) is 24.4. The number of ether oxygens (including phenoxy) is 4. The lowest BCUT2D eigenvalue weighted by Gasteiger charge is -2.46. The number of carbonyl (C=O) groups excluding carboxylic acids is 3. The van der Waals surface area contributed by atoms with Gasteiger partial charge in [0.15, 0.2) is 34.4 Å². The van der Waals surface area contributed by atoms with E-state index in [0.717, 1.165) is 0 Å². The highest BCUT2D eigenvalue weighted by Gasteiger charge is 2.60. The van der Waals surface area contributed by atoms with Crippen molar-refractivity contribution in [3.63, 3.8) is 0 Å². The SMILES string of the molecule is NC(=O)C1=C(O)[C@@]2(O)C(=O)C3=C(O)c4c(O)c(-c5ccc6c(c5)OCO6)cc(-c5ccc6c(c5)OCO6)c4C[C@H]3C[C@H]2CC1=O. The molecule has 0 aromatic heterocycles. The van der Waals surface area contributed by atoms with Gasteiger partial charge in [-0.15, -0.1) is 0 Å². The Labute approximate surface area is 254 Å². The molecule has 8 rings (SSSR count). The van der Waals surface area contributed by atoms with Crippen molar-refractivity contribution in [1.82, 2.24) is 0 Å².